The summed E-state index contributed by atoms with van der Waals surface area (Å²) in [5, 5.41) is 0. The minimum atomic E-state index is -1.05. The van der Waals surface area contributed by atoms with Crippen LogP contribution in [0, 0.1) is 28.9 Å². The highest BCUT2D eigenvalue weighted by Gasteiger charge is 2.69. The van der Waals surface area contributed by atoms with Gasteiger partial charge in [-0.05, 0) is 37.3 Å². The summed E-state index contributed by atoms with van der Waals surface area (Å²) in [5.41, 5.74) is -0.0599. The molecule has 0 N–H and O–H groups in total. The lowest BCUT2D eigenvalue weighted by molar-refractivity contribution is -0.146. The van der Waals surface area contributed by atoms with Crippen molar-refractivity contribution < 1.29 is 27.8 Å². The van der Waals surface area contributed by atoms with E-state index in [-0.39, 0.29) is 40.7 Å². The van der Waals surface area contributed by atoms with Crippen molar-refractivity contribution in [3.8, 4) is 0 Å². The molecule has 0 bridgehead atoms. The van der Waals surface area contributed by atoms with Gasteiger partial charge in [-0.25, -0.2) is 13.6 Å². The summed E-state index contributed by atoms with van der Waals surface area (Å²) in [5.74, 6) is -2.83. The number of ether oxygens (including phenoxy) is 2. The third-order valence-electron chi connectivity index (χ3n) is 6.95. The number of likely N-dealkylation sites (tertiary alicyclic amines) is 1. The van der Waals surface area contributed by atoms with E-state index in [2.05, 4.69) is 13.8 Å². The Hall–Kier alpha value is -2.22. The maximum atomic E-state index is 15.0. The van der Waals surface area contributed by atoms with Crippen LogP contribution in [0.2, 0.25) is 0 Å². The number of carbonyl (C=O) groups is 2. The second kappa shape index (κ2) is 7.18. The lowest BCUT2D eigenvalue weighted by Gasteiger charge is -2.38. The number of hydrogen-bond acceptors (Lipinski definition) is 5. The zero-order valence-corrected chi connectivity index (χ0v) is 17.9. The van der Waals surface area contributed by atoms with Gasteiger partial charge in [-0.3, -0.25) is 4.79 Å². The van der Waals surface area contributed by atoms with Crippen LogP contribution in [0.1, 0.15) is 38.1 Å². The maximum Gasteiger partial charge on any atom is 0.328 e. The fourth-order valence-corrected chi connectivity index (χ4v) is 5.42. The van der Waals surface area contributed by atoms with Gasteiger partial charge in [0.05, 0.1) is 30.6 Å². The number of esters is 1. The maximum absolute atomic E-state index is 15.0. The third kappa shape index (κ3) is 3.16. The van der Waals surface area contributed by atoms with E-state index < -0.39 is 29.6 Å². The van der Waals surface area contributed by atoms with Crippen LogP contribution < -0.4 is 4.90 Å². The molecule has 1 amide bonds. The second-order valence-corrected chi connectivity index (χ2v) is 9.30. The molecule has 1 aliphatic carbocycles. The Kier molecular flexibility index (Phi) is 5.03. The highest BCUT2D eigenvalue weighted by atomic mass is 19.2. The van der Waals surface area contributed by atoms with Gasteiger partial charge in [0, 0.05) is 25.6 Å². The summed E-state index contributed by atoms with van der Waals surface area (Å²) in [6, 6.07) is 1.56. The topological polar surface area (TPSA) is 59.1 Å². The van der Waals surface area contributed by atoms with Gasteiger partial charge in [0.25, 0.3) is 5.91 Å². The van der Waals surface area contributed by atoms with Crippen molar-refractivity contribution in [2.24, 2.45) is 17.3 Å². The van der Waals surface area contributed by atoms with E-state index >= 15 is 0 Å². The predicted molar refractivity (Wildman–Crippen MR) is 106 cm³/mol. The van der Waals surface area contributed by atoms with Gasteiger partial charge in [0.2, 0.25) is 0 Å². The molecule has 1 aromatic rings. The van der Waals surface area contributed by atoms with Crippen molar-refractivity contribution in [3.63, 3.8) is 0 Å². The molecule has 2 heterocycles. The molecular weight excluding hydrogens is 394 g/mol. The van der Waals surface area contributed by atoms with Crippen LogP contribution in [0.3, 0.4) is 0 Å². The molecule has 5 atom stereocenters. The largest absolute Gasteiger partial charge is 0.467 e. The summed E-state index contributed by atoms with van der Waals surface area (Å²) < 4.78 is 39.8. The molecule has 4 rings (SSSR count). The number of anilines is 1. The first-order valence-electron chi connectivity index (χ1n) is 10.3. The Morgan fingerprint density at radius 2 is 1.77 bits per heavy atom. The number of hydrogen-bond donors (Lipinski definition) is 0. The van der Waals surface area contributed by atoms with Gasteiger partial charge < -0.3 is 19.3 Å². The fourth-order valence-electron chi connectivity index (χ4n) is 5.42. The van der Waals surface area contributed by atoms with E-state index in [0.717, 1.165) is 6.07 Å². The highest BCUT2D eigenvalue weighted by Crippen LogP contribution is 2.65. The van der Waals surface area contributed by atoms with Crippen LogP contribution in [-0.2, 0) is 14.3 Å². The molecule has 0 unspecified atom stereocenters. The number of nitrogens with zero attached hydrogens (tertiary/aromatic N) is 2. The standard InChI is InChI=1S/C22H28F2N2O4/c1-11-8-25(9-12(2)30-11)18-13(6-7-15(23)17(18)24)20(27)26-10-14-16(22(14,3)4)19(26)21(28)29-5/h6-7,11-12,14,16,19H,8-10H2,1-5H3/t11-,12+,14-,16-,19-/m0/s1. The van der Waals surface area contributed by atoms with Crippen LogP contribution in [-0.4, -0.2) is 61.8 Å². The molecule has 1 saturated carbocycles. The van der Waals surface area contributed by atoms with E-state index in [0.29, 0.717) is 19.6 Å². The molecule has 3 fully saturated rings. The Bertz CT molecular complexity index is 880. The van der Waals surface area contributed by atoms with E-state index in [1.165, 1.54) is 18.1 Å². The number of rotatable bonds is 3. The van der Waals surface area contributed by atoms with Gasteiger partial charge >= 0.3 is 5.97 Å². The molecule has 6 nitrogen and oxygen atoms in total. The summed E-state index contributed by atoms with van der Waals surface area (Å²) >= 11 is 0. The Morgan fingerprint density at radius 3 is 2.37 bits per heavy atom. The van der Waals surface area contributed by atoms with E-state index in [4.69, 9.17) is 9.47 Å². The van der Waals surface area contributed by atoms with E-state index in [9.17, 15) is 18.4 Å². The molecule has 0 aromatic heterocycles. The quantitative estimate of drug-likeness (QED) is 0.701. The number of carbonyl (C=O) groups excluding carboxylic acids is 2. The average molecular weight is 422 g/mol. The van der Waals surface area contributed by atoms with Crippen LogP contribution in [0.25, 0.3) is 0 Å². The number of amides is 1. The van der Waals surface area contributed by atoms with Gasteiger partial charge in [-0.15, -0.1) is 0 Å². The molecule has 0 spiro atoms. The summed E-state index contributed by atoms with van der Waals surface area (Å²) in [4.78, 5) is 29.2. The first-order valence-corrected chi connectivity index (χ1v) is 10.3. The normalized spacial score (nSPS) is 32.0. The van der Waals surface area contributed by atoms with Crippen LogP contribution in [0.15, 0.2) is 12.1 Å². The summed E-state index contributed by atoms with van der Waals surface area (Å²) in [7, 11) is 1.30. The zero-order chi connectivity index (χ0) is 22.0. The Morgan fingerprint density at radius 1 is 1.13 bits per heavy atom. The Labute approximate surface area is 175 Å². The molecule has 30 heavy (non-hydrogen) atoms. The smallest absolute Gasteiger partial charge is 0.328 e. The van der Waals surface area contributed by atoms with Crippen molar-refractivity contribution in [1.29, 1.82) is 0 Å². The van der Waals surface area contributed by atoms with Crippen molar-refractivity contribution in [2.45, 2.75) is 45.9 Å². The number of halogens is 2. The lowest BCUT2D eigenvalue weighted by Crippen LogP contribution is -2.48. The number of fused-ring (bicyclic) bond motifs is 1. The first-order chi connectivity index (χ1) is 14.1. The highest BCUT2D eigenvalue weighted by molar-refractivity contribution is 6.02. The minimum Gasteiger partial charge on any atom is -0.467 e. The Balaban J connectivity index is 1.71. The van der Waals surface area contributed by atoms with E-state index in [1.807, 2.05) is 13.8 Å². The fraction of sp³-hybridized carbons (Fsp3) is 0.636. The lowest BCUT2D eigenvalue weighted by atomic mass is 9.99. The first kappa shape index (κ1) is 21.0. The van der Waals surface area contributed by atoms with Crippen LogP contribution >= 0.6 is 0 Å². The molecular formula is C22H28F2N2O4. The van der Waals surface area contributed by atoms with Crippen molar-refractivity contribution in [3.05, 3.63) is 29.3 Å². The molecule has 2 saturated heterocycles. The average Bonchev–Trinajstić information content (AvgIpc) is 3.03. The van der Waals surface area contributed by atoms with Crippen LogP contribution in [0.5, 0.6) is 0 Å². The van der Waals surface area contributed by atoms with Gasteiger partial charge in [0.15, 0.2) is 11.6 Å². The van der Waals surface area contributed by atoms with Gasteiger partial charge in [-0.2, -0.15) is 0 Å². The number of methoxy groups -OCH3 is 1. The molecule has 0 radical (unpaired) electrons. The molecule has 3 aliphatic rings. The molecule has 8 heteroatoms. The van der Waals surface area contributed by atoms with Crippen LogP contribution in [0.4, 0.5) is 14.5 Å². The summed E-state index contributed by atoms with van der Waals surface area (Å²) in [6.45, 7) is 8.91. The zero-order valence-electron chi connectivity index (χ0n) is 17.9. The number of benzene rings is 1. The van der Waals surface area contributed by atoms with Crippen molar-refractivity contribution >= 4 is 17.6 Å². The predicted octanol–water partition coefficient (Wildman–Crippen LogP) is 2.85. The van der Waals surface area contributed by atoms with Crippen molar-refractivity contribution in [1.82, 2.24) is 4.90 Å². The molecule has 164 valence electrons. The SMILES string of the molecule is COC(=O)[C@@H]1[C@@H]2[C@H](CN1C(=O)c1ccc(F)c(F)c1N1C[C@@H](C)O[C@@H](C)C1)C2(C)C. The number of morpholine rings is 1. The second-order valence-electron chi connectivity index (χ2n) is 9.30. The van der Waals surface area contributed by atoms with Crippen molar-refractivity contribution in [2.75, 3.05) is 31.6 Å². The minimum absolute atomic E-state index is 0.00563. The monoisotopic (exact) mass is 422 g/mol. The number of piperidine rings is 1. The summed E-state index contributed by atoms with van der Waals surface area (Å²) in [6.07, 6.45) is -0.384. The van der Waals surface area contributed by atoms with Gasteiger partial charge in [0.1, 0.15) is 6.04 Å². The molecule has 1 aromatic carbocycles. The molecule has 2 aliphatic heterocycles. The third-order valence-corrected chi connectivity index (χ3v) is 6.95. The van der Waals surface area contributed by atoms with E-state index in [1.54, 1.807) is 4.90 Å². The van der Waals surface area contributed by atoms with Gasteiger partial charge in [-0.1, -0.05) is 13.8 Å².